The molecule has 1 spiro atoms. The van der Waals surface area contributed by atoms with Crippen molar-refractivity contribution in [1.82, 2.24) is 0 Å². The van der Waals surface area contributed by atoms with Crippen molar-refractivity contribution in [2.45, 2.75) is 5.41 Å². The van der Waals surface area contributed by atoms with Gasteiger partial charge in [-0.1, -0.05) is 243 Å². The van der Waals surface area contributed by atoms with Gasteiger partial charge in [0.15, 0.2) is 0 Å². The van der Waals surface area contributed by atoms with Gasteiger partial charge >= 0.3 is 0 Å². The van der Waals surface area contributed by atoms with Crippen molar-refractivity contribution in [2.24, 2.45) is 0 Å². The van der Waals surface area contributed by atoms with Crippen molar-refractivity contribution in [3.8, 4) is 22.6 Å². The molecule has 0 atom stereocenters. The van der Waals surface area contributed by atoms with Gasteiger partial charge in [0, 0.05) is 114 Å². The summed E-state index contributed by atoms with van der Waals surface area (Å²) in [6, 6.07) is 144. The zero-order valence-corrected chi connectivity index (χ0v) is 57.7. The second-order valence-corrected chi connectivity index (χ2v) is 28.2. The van der Waals surface area contributed by atoms with Crippen LogP contribution in [0, 0.1) is 0 Å². The van der Waals surface area contributed by atoms with E-state index in [-0.39, 0.29) is 13.4 Å². The molecule has 494 valence electrons. The second kappa shape index (κ2) is 23.7. The Bertz CT molecular complexity index is 5720. The Morgan fingerprint density at radius 3 is 0.821 bits per heavy atom. The fraction of sp³-hybridized carbons (Fsp3) is 0.0103. The highest BCUT2D eigenvalue weighted by molar-refractivity contribution is 7.01. The van der Waals surface area contributed by atoms with Crippen LogP contribution in [0.4, 0.5) is 102 Å². The monoisotopic (exact) mass is 1350 g/mol. The molecule has 0 bridgehead atoms. The van der Waals surface area contributed by atoms with Gasteiger partial charge in [-0.15, -0.1) is 0 Å². The molecule has 6 aliphatic rings. The predicted molar refractivity (Wildman–Crippen MR) is 441 cm³/mol. The number of hydrogen-bond acceptors (Lipinski definition) is 7. The zero-order valence-electron chi connectivity index (χ0n) is 57.7. The van der Waals surface area contributed by atoms with E-state index in [2.05, 4.69) is 418 Å². The highest BCUT2D eigenvalue weighted by Crippen LogP contribution is 2.64. The minimum atomic E-state index is -0.887. The Hall–Kier alpha value is -13.8. The van der Waals surface area contributed by atoms with Crippen molar-refractivity contribution in [1.29, 1.82) is 0 Å². The average Bonchev–Trinajstić information content (AvgIpc) is 1.25. The highest BCUT2D eigenvalue weighted by Gasteiger charge is 2.55. The van der Waals surface area contributed by atoms with E-state index in [9.17, 15) is 0 Å². The first-order valence-corrected chi connectivity index (χ1v) is 36.6. The maximum absolute atomic E-state index is 8.14. The Kier molecular flexibility index (Phi) is 13.4. The summed E-state index contributed by atoms with van der Waals surface area (Å²) in [5.74, 6) is 1.61. The first-order valence-electron chi connectivity index (χ1n) is 36.6. The van der Waals surface area contributed by atoms with Crippen LogP contribution in [0.5, 0.6) is 11.5 Å². The Morgan fingerprint density at radius 2 is 0.491 bits per heavy atom. The lowest BCUT2D eigenvalue weighted by molar-refractivity contribution is 0.437. The standard InChI is InChI=1S/C97H64B2N6O/c1-9-33-65(34-10-1)100(66-35-11-2-12-36-66)73-57-89-95-91(59-73)104(71-45-21-7-22-46-71)87-63-93-79(61-83(87)98(95)81-53-29-31-55-85(81)102(89)69-41-17-5-18-42-69)97(77-51-27-25-49-75(77)76-50-26-28-52-78(76)97)80-62-84-88(64-94(80)106-93)105(72-47-23-8-24-48-72)92-60-74(101(67-37-13-3-14-38-67)68-39-15-4-16-40-68)58-90-96(92)99(84)82-54-30-32-56-86(82)103(90)70-43-19-6-20-44-70/h1-64H. The summed E-state index contributed by atoms with van der Waals surface area (Å²) in [4.78, 5) is 14.9. The van der Waals surface area contributed by atoms with Crippen LogP contribution < -0.4 is 66.9 Å². The summed E-state index contributed by atoms with van der Waals surface area (Å²) in [5, 5.41) is 0. The minimum Gasteiger partial charge on any atom is -0.457 e. The largest absolute Gasteiger partial charge is 0.457 e. The molecule has 106 heavy (non-hydrogen) atoms. The maximum atomic E-state index is 8.14. The summed E-state index contributed by atoms with van der Waals surface area (Å²) < 4.78 is 8.14. The third kappa shape index (κ3) is 8.77. The zero-order chi connectivity index (χ0) is 69.6. The van der Waals surface area contributed by atoms with Crippen LogP contribution in [0.3, 0.4) is 0 Å². The molecule has 0 radical (unpaired) electrons. The molecule has 0 amide bonds. The fourth-order valence-electron chi connectivity index (χ4n) is 18.6. The van der Waals surface area contributed by atoms with Gasteiger partial charge in [-0.05, 0) is 188 Å². The molecule has 0 saturated heterocycles. The molecule has 5 heterocycles. The predicted octanol–water partition coefficient (Wildman–Crippen LogP) is 21.3. The Morgan fingerprint density at radius 1 is 0.217 bits per heavy atom. The molecule has 5 aliphatic heterocycles. The van der Waals surface area contributed by atoms with Crippen LogP contribution >= 0.6 is 0 Å². The van der Waals surface area contributed by atoms with Gasteiger partial charge in [-0.3, -0.25) is 0 Å². The third-order valence-corrected chi connectivity index (χ3v) is 22.7. The van der Waals surface area contributed by atoms with E-state index in [1.54, 1.807) is 0 Å². The van der Waals surface area contributed by atoms with E-state index in [0.717, 1.165) is 125 Å². The summed E-state index contributed by atoms with van der Waals surface area (Å²) in [5.41, 5.74) is 32.9. The van der Waals surface area contributed by atoms with Crippen LogP contribution in [0.25, 0.3) is 11.1 Å². The lowest BCUT2D eigenvalue weighted by Crippen LogP contribution is -2.62. The molecule has 0 saturated carbocycles. The summed E-state index contributed by atoms with van der Waals surface area (Å²) in [6.45, 7) is -0.451. The molecule has 0 N–H and O–H groups in total. The van der Waals surface area contributed by atoms with E-state index in [0.29, 0.717) is 0 Å². The summed E-state index contributed by atoms with van der Waals surface area (Å²) in [6.07, 6.45) is 0. The second-order valence-electron chi connectivity index (χ2n) is 28.2. The number of fused-ring (bicyclic) bond motifs is 17. The number of benzene rings is 16. The molecule has 22 rings (SSSR count). The number of rotatable bonds is 10. The SMILES string of the molecule is c1ccc(N(c2ccccc2)c2cc3c4c(c2)N(c2ccccc2)c2cc5c(cc2B4c2ccccc2N3c2ccccc2)C2(c3cc4c(cc3O5)N(c3ccccc3)c3cc(N(c5ccccc5)c5ccccc5)cc5c3B4c3ccccc3N5c3ccccc3)c3ccccc3-c3ccccc32)cc1. The van der Waals surface area contributed by atoms with Crippen LogP contribution in [-0.4, -0.2) is 13.4 Å². The normalized spacial score (nSPS) is 13.7. The number of ether oxygens (including phenoxy) is 1. The number of anilines is 18. The maximum Gasteiger partial charge on any atom is 0.252 e. The van der Waals surface area contributed by atoms with Crippen molar-refractivity contribution < 1.29 is 4.74 Å². The van der Waals surface area contributed by atoms with E-state index in [1.165, 1.54) is 55.0 Å². The fourth-order valence-corrected chi connectivity index (χ4v) is 18.6. The van der Waals surface area contributed by atoms with Crippen LogP contribution in [0.15, 0.2) is 388 Å². The van der Waals surface area contributed by atoms with Crippen molar-refractivity contribution in [3.63, 3.8) is 0 Å². The quantitative estimate of drug-likeness (QED) is 0.126. The highest BCUT2D eigenvalue weighted by atomic mass is 16.5. The third-order valence-electron chi connectivity index (χ3n) is 22.7. The molecule has 16 aromatic carbocycles. The van der Waals surface area contributed by atoms with Gasteiger partial charge in [0.25, 0.3) is 13.4 Å². The van der Waals surface area contributed by atoms with Gasteiger partial charge in [-0.25, -0.2) is 0 Å². The summed E-state index contributed by atoms with van der Waals surface area (Å²) in [7, 11) is 0. The van der Waals surface area contributed by atoms with E-state index >= 15 is 0 Å². The van der Waals surface area contributed by atoms with Gasteiger partial charge < -0.3 is 34.1 Å². The molecule has 0 fully saturated rings. The van der Waals surface area contributed by atoms with Crippen LogP contribution in [0.1, 0.15) is 22.3 Å². The molecule has 0 unspecified atom stereocenters. The van der Waals surface area contributed by atoms with Gasteiger partial charge in [-0.2, -0.15) is 0 Å². The number of nitrogens with zero attached hydrogens (tertiary/aromatic N) is 6. The number of para-hydroxylation sites is 10. The van der Waals surface area contributed by atoms with E-state index < -0.39 is 5.41 Å². The average molecular weight is 1350 g/mol. The smallest absolute Gasteiger partial charge is 0.252 e. The van der Waals surface area contributed by atoms with Gasteiger partial charge in [0.05, 0.1) is 16.8 Å². The van der Waals surface area contributed by atoms with Crippen LogP contribution in [0.2, 0.25) is 0 Å². The molecular weight excluding hydrogens is 1290 g/mol. The van der Waals surface area contributed by atoms with E-state index in [4.69, 9.17) is 4.74 Å². The van der Waals surface area contributed by atoms with E-state index in [1.807, 2.05) is 0 Å². The molecule has 9 heteroatoms. The molecule has 1 aliphatic carbocycles. The Balaban J connectivity index is 0.841. The number of hydrogen-bond donors (Lipinski definition) is 0. The van der Waals surface area contributed by atoms with Gasteiger partial charge in [0.2, 0.25) is 0 Å². The molecule has 7 nitrogen and oxygen atoms in total. The lowest BCUT2D eigenvalue weighted by Gasteiger charge is -2.47. The first-order chi connectivity index (χ1) is 52.6. The molecular formula is C97H64B2N6O. The van der Waals surface area contributed by atoms with Crippen molar-refractivity contribution in [2.75, 3.05) is 29.4 Å². The lowest BCUT2D eigenvalue weighted by atomic mass is 9.33. The Labute approximate surface area is 617 Å². The minimum absolute atomic E-state index is 0.225. The molecule has 0 aromatic heterocycles. The summed E-state index contributed by atoms with van der Waals surface area (Å²) >= 11 is 0. The van der Waals surface area contributed by atoms with Gasteiger partial charge in [0.1, 0.15) is 11.5 Å². The first kappa shape index (κ1) is 59.9. The topological polar surface area (TPSA) is 28.7 Å². The van der Waals surface area contributed by atoms with Crippen molar-refractivity contribution in [3.05, 3.63) is 411 Å². The van der Waals surface area contributed by atoms with Crippen LogP contribution in [-0.2, 0) is 5.41 Å². The molecule has 16 aromatic rings. The van der Waals surface area contributed by atoms with Crippen molar-refractivity contribution >= 4 is 149 Å².